The van der Waals surface area contributed by atoms with Crippen molar-refractivity contribution >= 4 is 10.8 Å². The molecule has 0 aliphatic carbocycles. The van der Waals surface area contributed by atoms with Gasteiger partial charge in [0.1, 0.15) is 0 Å². The molecule has 1 N–H and O–H groups in total. The van der Waals surface area contributed by atoms with Crippen molar-refractivity contribution in [3.8, 4) is 11.3 Å². The minimum atomic E-state index is 1.06. The molecule has 0 fully saturated rings. The van der Waals surface area contributed by atoms with Crippen molar-refractivity contribution in [1.82, 2.24) is 9.97 Å². The van der Waals surface area contributed by atoms with Gasteiger partial charge in [-0.1, -0.05) is 42.5 Å². The van der Waals surface area contributed by atoms with Gasteiger partial charge in [0.05, 0.1) is 18.2 Å². The zero-order chi connectivity index (χ0) is 10.1. The number of aromatic amines is 1. The van der Waals surface area contributed by atoms with Gasteiger partial charge in [-0.15, -0.1) is 0 Å². The minimum absolute atomic E-state index is 1.06. The third-order valence-electron chi connectivity index (χ3n) is 2.58. The first-order valence-corrected chi connectivity index (χ1v) is 4.92. The number of fused-ring (bicyclic) bond motifs is 1. The Kier molecular flexibility index (Phi) is 1.78. The van der Waals surface area contributed by atoms with Gasteiger partial charge in [0, 0.05) is 5.56 Å². The van der Waals surface area contributed by atoms with Crippen LogP contribution in [-0.4, -0.2) is 9.97 Å². The summed E-state index contributed by atoms with van der Waals surface area (Å²) in [5.41, 5.74) is 2.26. The number of imidazole rings is 1. The van der Waals surface area contributed by atoms with Crippen molar-refractivity contribution in [3.05, 3.63) is 55.0 Å². The number of aromatic nitrogens is 2. The standard InChI is InChI=1S/C13H10N2/c1-2-6-11-10(4-1)5-3-7-12(11)13-8-14-9-15-13/h1-9H,(H,14,15). The van der Waals surface area contributed by atoms with Gasteiger partial charge in [-0.3, -0.25) is 0 Å². The van der Waals surface area contributed by atoms with E-state index < -0.39 is 0 Å². The molecule has 1 heterocycles. The van der Waals surface area contributed by atoms with Crippen molar-refractivity contribution in [1.29, 1.82) is 0 Å². The molecular formula is C13H10N2. The van der Waals surface area contributed by atoms with E-state index >= 15 is 0 Å². The second kappa shape index (κ2) is 3.24. The van der Waals surface area contributed by atoms with E-state index in [0.29, 0.717) is 0 Å². The second-order valence-corrected chi connectivity index (χ2v) is 3.49. The van der Waals surface area contributed by atoms with E-state index in [2.05, 4.69) is 52.4 Å². The van der Waals surface area contributed by atoms with Gasteiger partial charge in [0.15, 0.2) is 0 Å². The van der Waals surface area contributed by atoms with Gasteiger partial charge < -0.3 is 4.98 Å². The highest BCUT2D eigenvalue weighted by molar-refractivity contribution is 5.95. The van der Waals surface area contributed by atoms with E-state index in [9.17, 15) is 0 Å². The molecule has 15 heavy (non-hydrogen) atoms. The van der Waals surface area contributed by atoms with E-state index in [1.54, 1.807) is 6.33 Å². The lowest BCUT2D eigenvalue weighted by Crippen LogP contribution is -1.80. The average Bonchev–Trinajstić information content (AvgIpc) is 2.82. The fourth-order valence-corrected chi connectivity index (χ4v) is 1.86. The van der Waals surface area contributed by atoms with Gasteiger partial charge >= 0.3 is 0 Å². The molecule has 0 aliphatic heterocycles. The molecule has 0 amide bonds. The first kappa shape index (κ1) is 8.24. The Morgan fingerprint density at radius 2 is 1.80 bits per heavy atom. The molecule has 72 valence electrons. The molecule has 1 aromatic heterocycles. The van der Waals surface area contributed by atoms with Crippen LogP contribution in [0.4, 0.5) is 0 Å². The molecule has 0 saturated heterocycles. The Balaban J connectivity index is 2.36. The number of rotatable bonds is 1. The van der Waals surface area contributed by atoms with E-state index in [1.807, 2.05) is 6.20 Å². The maximum absolute atomic E-state index is 4.05. The van der Waals surface area contributed by atoms with Crippen LogP contribution in [0, 0.1) is 0 Å². The number of benzene rings is 2. The fourth-order valence-electron chi connectivity index (χ4n) is 1.86. The van der Waals surface area contributed by atoms with Crippen LogP contribution >= 0.6 is 0 Å². The molecule has 0 unspecified atom stereocenters. The summed E-state index contributed by atoms with van der Waals surface area (Å²) in [4.78, 5) is 7.18. The Hall–Kier alpha value is -2.09. The number of nitrogens with zero attached hydrogens (tertiary/aromatic N) is 1. The van der Waals surface area contributed by atoms with Crippen molar-refractivity contribution in [2.24, 2.45) is 0 Å². The summed E-state index contributed by atoms with van der Waals surface area (Å²) in [7, 11) is 0. The lowest BCUT2D eigenvalue weighted by atomic mass is 10.0. The summed E-state index contributed by atoms with van der Waals surface area (Å²) in [6.45, 7) is 0. The minimum Gasteiger partial charge on any atom is -0.345 e. The maximum atomic E-state index is 4.05. The predicted octanol–water partition coefficient (Wildman–Crippen LogP) is 3.23. The fraction of sp³-hybridized carbons (Fsp3) is 0. The van der Waals surface area contributed by atoms with Gasteiger partial charge in [-0.25, -0.2) is 4.98 Å². The Labute approximate surface area is 87.6 Å². The highest BCUT2D eigenvalue weighted by atomic mass is 14.9. The largest absolute Gasteiger partial charge is 0.345 e. The Morgan fingerprint density at radius 1 is 0.933 bits per heavy atom. The van der Waals surface area contributed by atoms with Crippen molar-refractivity contribution in [3.63, 3.8) is 0 Å². The quantitative estimate of drug-likeness (QED) is 0.633. The Bertz CT molecular complexity index is 577. The Morgan fingerprint density at radius 3 is 2.67 bits per heavy atom. The monoisotopic (exact) mass is 194 g/mol. The lowest BCUT2D eigenvalue weighted by Gasteiger charge is -2.03. The molecule has 0 spiro atoms. The number of H-pyrrole nitrogens is 1. The van der Waals surface area contributed by atoms with Crippen LogP contribution in [0.5, 0.6) is 0 Å². The second-order valence-electron chi connectivity index (χ2n) is 3.49. The molecule has 2 aromatic carbocycles. The highest BCUT2D eigenvalue weighted by Gasteiger charge is 2.02. The zero-order valence-corrected chi connectivity index (χ0v) is 8.14. The smallest absolute Gasteiger partial charge is 0.0924 e. The zero-order valence-electron chi connectivity index (χ0n) is 8.14. The topological polar surface area (TPSA) is 28.7 Å². The first-order chi connectivity index (χ1) is 7.45. The number of hydrogen-bond acceptors (Lipinski definition) is 1. The maximum Gasteiger partial charge on any atom is 0.0924 e. The average molecular weight is 194 g/mol. The third-order valence-corrected chi connectivity index (χ3v) is 2.58. The summed E-state index contributed by atoms with van der Waals surface area (Å²) >= 11 is 0. The molecule has 2 nitrogen and oxygen atoms in total. The van der Waals surface area contributed by atoms with Crippen LogP contribution < -0.4 is 0 Å². The summed E-state index contributed by atoms with van der Waals surface area (Å²) in [6.07, 6.45) is 3.55. The van der Waals surface area contributed by atoms with Crippen molar-refractivity contribution in [2.45, 2.75) is 0 Å². The van der Waals surface area contributed by atoms with Gasteiger partial charge in [0.2, 0.25) is 0 Å². The van der Waals surface area contributed by atoms with Crippen molar-refractivity contribution in [2.75, 3.05) is 0 Å². The highest BCUT2D eigenvalue weighted by Crippen LogP contribution is 2.26. The van der Waals surface area contributed by atoms with Gasteiger partial charge in [-0.05, 0) is 10.8 Å². The molecule has 3 aromatic rings. The van der Waals surface area contributed by atoms with Crippen LogP contribution in [0.3, 0.4) is 0 Å². The molecule has 2 heteroatoms. The van der Waals surface area contributed by atoms with E-state index in [0.717, 1.165) is 5.69 Å². The van der Waals surface area contributed by atoms with Crippen LogP contribution in [0.25, 0.3) is 22.0 Å². The summed E-state index contributed by atoms with van der Waals surface area (Å²) in [5, 5.41) is 2.51. The summed E-state index contributed by atoms with van der Waals surface area (Å²) in [5.74, 6) is 0. The number of nitrogens with one attached hydrogen (secondary N) is 1. The molecule has 0 saturated carbocycles. The van der Waals surface area contributed by atoms with Crippen LogP contribution in [0.15, 0.2) is 55.0 Å². The number of hydrogen-bond donors (Lipinski definition) is 1. The first-order valence-electron chi connectivity index (χ1n) is 4.92. The molecular weight excluding hydrogens is 184 g/mol. The molecule has 3 rings (SSSR count). The summed E-state index contributed by atoms with van der Waals surface area (Å²) < 4.78 is 0. The van der Waals surface area contributed by atoms with Crippen LogP contribution in [0.1, 0.15) is 0 Å². The lowest BCUT2D eigenvalue weighted by molar-refractivity contribution is 1.31. The normalized spacial score (nSPS) is 10.7. The van der Waals surface area contributed by atoms with E-state index in [4.69, 9.17) is 0 Å². The predicted molar refractivity (Wildman–Crippen MR) is 61.5 cm³/mol. The van der Waals surface area contributed by atoms with Crippen LogP contribution in [0.2, 0.25) is 0 Å². The van der Waals surface area contributed by atoms with E-state index in [-0.39, 0.29) is 0 Å². The molecule has 0 radical (unpaired) electrons. The van der Waals surface area contributed by atoms with E-state index in [1.165, 1.54) is 16.3 Å². The van der Waals surface area contributed by atoms with Crippen molar-refractivity contribution < 1.29 is 0 Å². The molecule has 0 aliphatic rings. The third kappa shape index (κ3) is 1.31. The SMILES string of the molecule is c1ccc2c(-c3cnc[nH]3)cccc2c1. The van der Waals surface area contributed by atoms with Gasteiger partial charge in [0.25, 0.3) is 0 Å². The molecule has 0 bridgehead atoms. The van der Waals surface area contributed by atoms with Gasteiger partial charge in [-0.2, -0.15) is 0 Å². The molecule has 0 atom stereocenters. The van der Waals surface area contributed by atoms with Crippen LogP contribution in [-0.2, 0) is 0 Å². The summed E-state index contributed by atoms with van der Waals surface area (Å²) in [6, 6.07) is 14.7.